The van der Waals surface area contributed by atoms with Crippen LogP contribution in [0.1, 0.15) is 18.1 Å². The number of rotatable bonds is 8. The lowest BCUT2D eigenvalue weighted by Gasteiger charge is -2.20. The van der Waals surface area contributed by atoms with Gasteiger partial charge in [0.25, 0.3) is 0 Å². The molecule has 0 aliphatic heterocycles. The van der Waals surface area contributed by atoms with E-state index in [0.717, 1.165) is 11.6 Å². The van der Waals surface area contributed by atoms with Crippen molar-refractivity contribution in [3.63, 3.8) is 0 Å². The molecular weight excluding hydrogens is 653 g/mol. The summed E-state index contributed by atoms with van der Waals surface area (Å²) in [6, 6.07) is 6.89. The predicted octanol–water partition coefficient (Wildman–Crippen LogP) is 10.4. The zero-order chi connectivity index (χ0) is 35.3. The van der Waals surface area contributed by atoms with Gasteiger partial charge in [-0.25, -0.2) is 26.3 Å². The Morgan fingerprint density at radius 1 is 0.702 bits per heavy atom. The fraction of sp³-hybridized carbons (Fsp3) is 0.125. The molecule has 0 atom stereocenters. The molecule has 4 aromatic carbocycles. The summed E-state index contributed by atoms with van der Waals surface area (Å²) < 4.78 is 160. The van der Waals surface area contributed by atoms with E-state index in [1.165, 1.54) is 24.5 Å². The Morgan fingerprint density at radius 2 is 1.19 bits per heavy atom. The van der Waals surface area contributed by atoms with Gasteiger partial charge in [0.15, 0.2) is 11.6 Å². The molecule has 0 aromatic heterocycles. The molecule has 0 radical (unpaired) electrons. The van der Waals surface area contributed by atoms with Gasteiger partial charge in [0, 0.05) is 29.6 Å². The summed E-state index contributed by atoms with van der Waals surface area (Å²) in [5.41, 5.74) is -2.46. The van der Waals surface area contributed by atoms with Gasteiger partial charge in [-0.3, -0.25) is 4.99 Å². The maximum atomic E-state index is 14.8. The Bertz CT molecular complexity index is 1790. The van der Waals surface area contributed by atoms with Crippen molar-refractivity contribution in [3.8, 4) is 33.8 Å². The van der Waals surface area contributed by atoms with Gasteiger partial charge >= 0.3 is 12.5 Å². The predicted molar refractivity (Wildman–Crippen MR) is 152 cm³/mol. The van der Waals surface area contributed by atoms with Crippen LogP contribution in [-0.4, -0.2) is 19.3 Å². The van der Waals surface area contributed by atoms with E-state index in [2.05, 4.69) is 21.2 Å². The zero-order valence-electron chi connectivity index (χ0n) is 24.1. The molecule has 0 heterocycles. The topological polar surface area (TPSA) is 54.7 Å². The van der Waals surface area contributed by atoms with E-state index < -0.39 is 75.6 Å². The smallest absolute Gasteiger partial charge is 0.429 e. The molecule has 0 amide bonds. The van der Waals surface area contributed by atoms with Crippen LogP contribution in [0.15, 0.2) is 77.4 Å². The minimum absolute atomic E-state index is 0.261. The van der Waals surface area contributed by atoms with Gasteiger partial charge in [-0.15, -0.1) is 13.2 Å². The highest BCUT2D eigenvalue weighted by Crippen LogP contribution is 2.39. The first kappa shape index (κ1) is 36.3. The molecule has 0 aliphatic carbocycles. The van der Waals surface area contributed by atoms with Crippen LogP contribution in [-0.2, 0) is 6.11 Å². The van der Waals surface area contributed by atoms with Crippen molar-refractivity contribution in [2.45, 2.75) is 26.3 Å². The van der Waals surface area contributed by atoms with E-state index >= 15 is 0 Å². The van der Waals surface area contributed by atoms with Crippen molar-refractivity contribution < 1.29 is 57.8 Å². The summed E-state index contributed by atoms with van der Waals surface area (Å²) in [6.07, 6.45) is -7.38. The largest absolute Gasteiger partial charge is 0.573 e. The number of benzene rings is 4. The number of ether oxygens (including phenoxy) is 2. The Hall–Kier alpha value is -5.21. The number of hydrogen-bond acceptors (Lipinski definition) is 4. The van der Waals surface area contributed by atoms with E-state index in [-0.39, 0.29) is 11.1 Å². The van der Waals surface area contributed by atoms with Crippen LogP contribution in [0.4, 0.5) is 48.3 Å². The molecular formula is C32H21F11N2O2. The van der Waals surface area contributed by atoms with Crippen LogP contribution in [0, 0.1) is 47.2 Å². The summed E-state index contributed by atoms with van der Waals surface area (Å²) >= 11 is 0. The van der Waals surface area contributed by atoms with Crippen molar-refractivity contribution in [3.05, 3.63) is 118 Å². The normalized spacial score (nSPS) is 11.8. The lowest BCUT2D eigenvalue weighted by Crippen LogP contribution is -2.25. The number of aliphatic imine (C=N–C) groups is 1. The maximum Gasteiger partial charge on any atom is 0.573 e. The third-order valence-electron chi connectivity index (χ3n) is 6.00. The van der Waals surface area contributed by atoms with Crippen molar-refractivity contribution in [2.75, 3.05) is 0 Å². The van der Waals surface area contributed by atoms with Crippen molar-refractivity contribution in [1.29, 1.82) is 5.41 Å². The summed E-state index contributed by atoms with van der Waals surface area (Å²) in [4.78, 5) is 3.44. The molecule has 1 N–H and O–H groups in total. The zero-order valence-corrected chi connectivity index (χ0v) is 24.1. The van der Waals surface area contributed by atoms with Gasteiger partial charge in [-0.2, -0.15) is 8.78 Å². The molecule has 4 aromatic rings. The molecule has 0 saturated heterocycles. The first-order valence-electron chi connectivity index (χ1n) is 12.9. The van der Waals surface area contributed by atoms with Crippen LogP contribution >= 0.6 is 0 Å². The maximum absolute atomic E-state index is 14.8. The number of nitrogens with one attached hydrogen (secondary N) is 1. The van der Waals surface area contributed by atoms with Gasteiger partial charge in [-0.1, -0.05) is 12.1 Å². The standard InChI is InChI=1S/C27H13F11O2.C5H8N2/c1-12-2-4-16(18(28)6-12)13-7-20(30)24(21(31)8-13)26(34,35)39-15-3-5-17(19(29)11-15)14-9-22(32)25(23(33)10-14)40-27(36,37)38;1-5(3-6)4-7-2/h2-11H,1H3;3-4,6H,2H2,1H3/b;5-4-,6-3?. The molecule has 0 aliphatic rings. The SMILES string of the molecule is C=N/C=C(/C)C=N.Cc1ccc(-c2cc(F)c(C(F)(F)Oc3ccc(-c4cc(F)c(OC(F)(F)F)c(F)c4)c(F)c3)c(F)c2)c(F)c1. The molecule has 4 rings (SSSR count). The lowest BCUT2D eigenvalue weighted by atomic mass is 10.0. The van der Waals surface area contributed by atoms with Crippen LogP contribution in [0.2, 0.25) is 0 Å². The monoisotopic (exact) mass is 674 g/mol. The van der Waals surface area contributed by atoms with Crippen molar-refractivity contribution in [2.24, 2.45) is 4.99 Å². The average molecular weight is 675 g/mol. The van der Waals surface area contributed by atoms with Crippen molar-refractivity contribution >= 4 is 12.9 Å². The lowest BCUT2D eigenvalue weighted by molar-refractivity contribution is -0.276. The molecule has 0 fully saturated rings. The van der Waals surface area contributed by atoms with Gasteiger partial charge in [-0.05, 0) is 85.3 Å². The summed E-state index contributed by atoms with van der Waals surface area (Å²) in [6.45, 7) is 6.57. The molecule has 47 heavy (non-hydrogen) atoms. The quantitative estimate of drug-likeness (QED) is 0.149. The van der Waals surface area contributed by atoms with Crippen LogP contribution in [0.5, 0.6) is 11.5 Å². The molecule has 248 valence electrons. The highest BCUT2D eigenvalue weighted by Gasteiger charge is 2.41. The van der Waals surface area contributed by atoms with Crippen LogP contribution in [0.25, 0.3) is 22.3 Å². The minimum Gasteiger partial charge on any atom is -0.429 e. The molecule has 0 spiro atoms. The van der Waals surface area contributed by atoms with E-state index in [1.54, 1.807) is 13.8 Å². The molecule has 15 heteroatoms. The number of alkyl halides is 5. The van der Waals surface area contributed by atoms with E-state index in [9.17, 15) is 48.3 Å². The molecule has 0 unspecified atom stereocenters. The van der Waals surface area contributed by atoms with Gasteiger partial charge in [0.05, 0.1) is 0 Å². The third-order valence-corrected chi connectivity index (χ3v) is 6.00. The summed E-state index contributed by atoms with van der Waals surface area (Å²) in [5.74, 6) is -12.3. The highest BCUT2D eigenvalue weighted by atomic mass is 19.4. The molecule has 0 saturated carbocycles. The number of aryl methyl sites for hydroxylation is 1. The third kappa shape index (κ3) is 9.17. The number of halogens is 11. The summed E-state index contributed by atoms with van der Waals surface area (Å²) in [5, 5.41) is 6.63. The number of nitrogens with zero attached hydrogens (tertiary/aromatic N) is 1. The average Bonchev–Trinajstić information content (AvgIpc) is 2.94. The van der Waals surface area contributed by atoms with E-state index in [4.69, 9.17) is 5.41 Å². The Labute approximate surface area is 259 Å². The van der Waals surface area contributed by atoms with Gasteiger partial charge in [0.1, 0.15) is 34.6 Å². The molecule has 0 bridgehead atoms. The molecule has 4 nitrogen and oxygen atoms in total. The van der Waals surface area contributed by atoms with Crippen LogP contribution in [0.3, 0.4) is 0 Å². The second-order valence-corrected chi connectivity index (χ2v) is 9.58. The first-order chi connectivity index (χ1) is 21.9. The van der Waals surface area contributed by atoms with Crippen LogP contribution < -0.4 is 9.47 Å². The fourth-order valence-corrected chi connectivity index (χ4v) is 3.96. The minimum atomic E-state index is -5.42. The van der Waals surface area contributed by atoms with Crippen molar-refractivity contribution in [1.82, 2.24) is 0 Å². The number of hydrogen-bond donors (Lipinski definition) is 1. The Morgan fingerprint density at radius 3 is 1.62 bits per heavy atom. The highest BCUT2D eigenvalue weighted by molar-refractivity contribution is 5.74. The van der Waals surface area contributed by atoms with Gasteiger partial charge in [0.2, 0.25) is 5.75 Å². The second kappa shape index (κ2) is 14.5. The first-order valence-corrected chi connectivity index (χ1v) is 12.9. The van der Waals surface area contributed by atoms with E-state index in [1.807, 2.05) is 0 Å². The van der Waals surface area contributed by atoms with Gasteiger partial charge < -0.3 is 14.9 Å². The van der Waals surface area contributed by atoms with E-state index in [0.29, 0.717) is 48.0 Å². The second-order valence-electron chi connectivity index (χ2n) is 9.58. The number of allylic oxidation sites excluding steroid dienone is 1. The Kier molecular flexibility index (Phi) is 11.2. The fourth-order valence-electron chi connectivity index (χ4n) is 3.96. The summed E-state index contributed by atoms with van der Waals surface area (Å²) in [7, 11) is 0. The Balaban J connectivity index is 0.000000771.